The van der Waals surface area contributed by atoms with Crippen LogP contribution >= 0.6 is 0 Å². The zero-order chi connectivity index (χ0) is 14.7. The highest BCUT2D eigenvalue weighted by atomic mass is 19.1. The van der Waals surface area contributed by atoms with Gasteiger partial charge in [-0.3, -0.25) is 10.1 Å². The number of hydrogen-bond acceptors (Lipinski definition) is 4. The summed E-state index contributed by atoms with van der Waals surface area (Å²) in [5.74, 6) is -1.90. The number of halogens is 2. The van der Waals surface area contributed by atoms with Gasteiger partial charge in [-0.1, -0.05) is 0 Å². The molecule has 1 aromatic carbocycles. The van der Waals surface area contributed by atoms with E-state index in [1.54, 1.807) is 0 Å². The van der Waals surface area contributed by atoms with Gasteiger partial charge in [0.1, 0.15) is 5.82 Å². The molecular formula is C13H17F2N3O2. The molecule has 0 aromatic heterocycles. The van der Waals surface area contributed by atoms with Crippen LogP contribution in [0.25, 0.3) is 0 Å². The normalized spacial score (nSPS) is 17.4. The molecule has 0 amide bonds. The lowest BCUT2D eigenvalue weighted by Gasteiger charge is -2.29. The number of nitrogens with zero attached hydrogens (tertiary/aromatic N) is 2. The van der Waals surface area contributed by atoms with E-state index in [1.165, 1.54) is 0 Å². The Morgan fingerprint density at radius 1 is 1.35 bits per heavy atom. The van der Waals surface area contributed by atoms with E-state index < -0.39 is 22.2 Å². The van der Waals surface area contributed by atoms with E-state index in [0.717, 1.165) is 32.0 Å². The lowest BCUT2D eigenvalue weighted by Crippen LogP contribution is -2.40. The fraction of sp³-hybridized carbons (Fsp3) is 0.538. The average Bonchev–Trinajstić information content (AvgIpc) is 2.39. The standard InChI is InChI=1S/C13H17F2N3O2/c1-17-4-2-10(3-5-17)16-8-9-6-13(18(19)20)12(15)7-11(9)14/h6-7,10,16H,2-5,8H2,1H3. The van der Waals surface area contributed by atoms with Crippen LogP contribution in [0.2, 0.25) is 0 Å². The van der Waals surface area contributed by atoms with Crippen molar-refractivity contribution in [1.29, 1.82) is 0 Å². The minimum Gasteiger partial charge on any atom is -0.310 e. The first-order chi connectivity index (χ1) is 9.47. The van der Waals surface area contributed by atoms with Crippen LogP contribution < -0.4 is 5.32 Å². The number of likely N-dealkylation sites (tertiary alicyclic amines) is 1. The molecule has 0 saturated carbocycles. The highest BCUT2D eigenvalue weighted by Crippen LogP contribution is 2.22. The molecule has 1 saturated heterocycles. The zero-order valence-electron chi connectivity index (χ0n) is 11.2. The second-order valence-corrected chi connectivity index (χ2v) is 5.11. The molecule has 7 heteroatoms. The second kappa shape index (κ2) is 6.23. The quantitative estimate of drug-likeness (QED) is 0.679. The first kappa shape index (κ1) is 14.8. The molecule has 20 heavy (non-hydrogen) atoms. The van der Waals surface area contributed by atoms with Gasteiger partial charge >= 0.3 is 5.69 Å². The SMILES string of the molecule is CN1CCC(NCc2cc([N+](=O)[O-])c(F)cc2F)CC1. The number of nitro groups is 1. The van der Waals surface area contributed by atoms with Crippen LogP contribution in [0.5, 0.6) is 0 Å². The van der Waals surface area contributed by atoms with Crippen LogP contribution in [0.3, 0.4) is 0 Å². The van der Waals surface area contributed by atoms with E-state index >= 15 is 0 Å². The molecule has 1 heterocycles. The predicted octanol–water partition coefficient (Wildman–Crippen LogP) is 2.06. The topological polar surface area (TPSA) is 58.4 Å². The van der Waals surface area contributed by atoms with E-state index in [9.17, 15) is 18.9 Å². The summed E-state index contributed by atoms with van der Waals surface area (Å²) in [7, 11) is 2.04. The predicted molar refractivity (Wildman–Crippen MR) is 70.4 cm³/mol. The fourth-order valence-corrected chi connectivity index (χ4v) is 2.32. The first-order valence-electron chi connectivity index (χ1n) is 6.51. The van der Waals surface area contributed by atoms with E-state index in [-0.39, 0.29) is 18.2 Å². The molecule has 0 atom stereocenters. The zero-order valence-corrected chi connectivity index (χ0v) is 11.2. The van der Waals surface area contributed by atoms with E-state index in [4.69, 9.17) is 0 Å². The molecule has 1 N–H and O–H groups in total. The molecule has 1 aliphatic heterocycles. The summed E-state index contributed by atoms with van der Waals surface area (Å²) in [6.07, 6.45) is 1.89. The third-order valence-electron chi connectivity index (χ3n) is 3.61. The number of hydrogen-bond donors (Lipinski definition) is 1. The van der Waals surface area contributed by atoms with Crippen molar-refractivity contribution in [3.8, 4) is 0 Å². The van der Waals surface area contributed by atoms with E-state index in [1.807, 2.05) is 7.05 Å². The van der Waals surface area contributed by atoms with Gasteiger partial charge in [-0.2, -0.15) is 4.39 Å². The molecule has 5 nitrogen and oxygen atoms in total. The smallest absolute Gasteiger partial charge is 0.305 e. The summed E-state index contributed by atoms with van der Waals surface area (Å²) >= 11 is 0. The molecule has 110 valence electrons. The Hall–Kier alpha value is -1.60. The molecular weight excluding hydrogens is 268 g/mol. The largest absolute Gasteiger partial charge is 0.310 e. The summed E-state index contributed by atoms with van der Waals surface area (Å²) in [6.45, 7) is 2.09. The first-order valence-corrected chi connectivity index (χ1v) is 6.51. The summed E-state index contributed by atoms with van der Waals surface area (Å²) in [5.41, 5.74) is -0.566. The fourth-order valence-electron chi connectivity index (χ4n) is 2.32. The van der Waals surface area contributed by atoms with Crippen molar-refractivity contribution < 1.29 is 13.7 Å². The van der Waals surface area contributed by atoms with Crippen molar-refractivity contribution in [3.63, 3.8) is 0 Å². The Bertz CT molecular complexity index is 503. The van der Waals surface area contributed by atoms with Gasteiger partial charge < -0.3 is 10.2 Å². The maximum atomic E-state index is 13.6. The summed E-state index contributed by atoms with van der Waals surface area (Å²) in [6, 6.07) is 1.80. The Morgan fingerprint density at radius 3 is 2.60 bits per heavy atom. The van der Waals surface area contributed by atoms with Crippen molar-refractivity contribution in [3.05, 3.63) is 39.4 Å². The lowest BCUT2D eigenvalue weighted by molar-refractivity contribution is -0.387. The molecule has 1 fully saturated rings. The number of rotatable bonds is 4. The van der Waals surface area contributed by atoms with Gasteiger partial charge in [-0.25, -0.2) is 4.39 Å². The summed E-state index contributed by atoms with van der Waals surface area (Å²) < 4.78 is 26.8. The van der Waals surface area contributed by atoms with E-state index in [2.05, 4.69) is 10.2 Å². The molecule has 0 aliphatic carbocycles. The van der Waals surface area contributed by atoms with Crippen LogP contribution in [0.1, 0.15) is 18.4 Å². The number of piperidine rings is 1. The average molecular weight is 285 g/mol. The number of nitrogens with one attached hydrogen (secondary N) is 1. The van der Waals surface area contributed by atoms with Crippen LogP contribution in [-0.2, 0) is 6.54 Å². The van der Waals surface area contributed by atoms with Gasteiger partial charge in [0.2, 0.25) is 5.82 Å². The Labute approximate surface area is 115 Å². The van der Waals surface area contributed by atoms with Gasteiger partial charge in [0.05, 0.1) is 4.92 Å². The van der Waals surface area contributed by atoms with Gasteiger partial charge in [0, 0.05) is 30.3 Å². The minimum atomic E-state index is -1.14. The molecule has 0 bridgehead atoms. The van der Waals surface area contributed by atoms with Crippen LogP contribution in [-0.4, -0.2) is 36.0 Å². The third kappa shape index (κ3) is 3.49. The molecule has 0 unspecified atom stereocenters. The molecule has 2 rings (SSSR count). The summed E-state index contributed by atoms with van der Waals surface area (Å²) in [4.78, 5) is 12.0. The lowest BCUT2D eigenvalue weighted by atomic mass is 10.0. The highest BCUT2D eigenvalue weighted by Gasteiger charge is 2.20. The second-order valence-electron chi connectivity index (χ2n) is 5.11. The van der Waals surface area contributed by atoms with Gasteiger partial charge in [-0.05, 0) is 33.0 Å². The van der Waals surface area contributed by atoms with Crippen molar-refractivity contribution in [2.24, 2.45) is 0 Å². The molecule has 0 radical (unpaired) electrons. The monoisotopic (exact) mass is 285 g/mol. The van der Waals surface area contributed by atoms with Crippen LogP contribution in [0.15, 0.2) is 12.1 Å². The van der Waals surface area contributed by atoms with Crippen LogP contribution in [0.4, 0.5) is 14.5 Å². The Kier molecular flexibility index (Phi) is 4.61. The molecule has 1 aliphatic rings. The van der Waals surface area contributed by atoms with Gasteiger partial charge in [0.25, 0.3) is 0 Å². The van der Waals surface area contributed by atoms with E-state index in [0.29, 0.717) is 6.07 Å². The molecule has 0 spiro atoms. The third-order valence-corrected chi connectivity index (χ3v) is 3.61. The van der Waals surface area contributed by atoms with Crippen molar-refractivity contribution in [1.82, 2.24) is 10.2 Å². The summed E-state index contributed by atoms with van der Waals surface area (Å²) in [5, 5.41) is 13.8. The minimum absolute atomic E-state index is 0.122. The maximum absolute atomic E-state index is 13.6. The van der Waals surface area contributed by atoms with Crippen molar-refractivity contribution >= 4 is 5.69 Å². The Morgan fingerprint density at radius 2 is 2.00 bits per heavy atom. The van der Waals surface area contributed by atoms with Crippen LogP contribution in [0, 0.1) is 21.7 Å². The molecule has 1 aromatic rings. The Balaban J connectivity index is 2.02. The maximum Gasteiger partial charge on any atom is 0.305 e. The van der Waals surface area contributed by atoms with Gasteiger partial charge in [0.15, 0.2) is 0 Å². The number of benzene rings is 1. The van der Waals surface area contributed by atoms with Crippen molar-refractivity contribution in [2.75, 3.05) is 20.1 Å². The number of nitro benzene ring substituents is 1. The highest BCUT2D eigenvalue weighted by molar-refractivity contribution is 5.37. The van der Waals surface area contributed by atoms with Gasteiger partial charge in [-0.15, -0.1) is 0 Å². The van der Waals surface area contributed by atoms with Crippen molar-refractivity contribution in [2.45, 2.75) is 25.4 Å².